The van der Waals surface area contributed by atoms with Crippen LogP contribution in [-0.4, -0.2) is 52.5 Å². The van der Waals surface area contributed by atoms with Crippen LogP contribution in [0.15, 0.2) is 58.1 Å². The van der Waals surface area contributed by atoms with Crippen molar-refractivity contribution in [3.05, 3.63) is 66.1 Å². The Morgan fingerprint density at radius 2 is 1.97 bits per heavy atom. The fourth-order valence-corrected chi connectivity index (χ4v) is 3.18. The second kappa shape index (κ2) is 10.8. The second-order valence-corrected chi connectivity index (χ2v) is 8.03. The third-order valence-corrected chi connectivity index (χ3v) is 5.37. The van der Waals surface area contributed by atoms with Crippen molar-refractivity contribution in [3.8, 4) is 0 Å². The van der Waals surface area contributed by atoms with Gasteiger partial charge in [0, 0.05) is 32.9 Å². The van der Waals surface area contributed by atoms with Crippen LogP contribution in [0.25, 0.3) is 0 Å². The first-order valence-electron chi connectivity index (χ1n) is 10.8. The molecule has 3 rings (SSSR count). The van der Waals surface area contributed by atoms with Gasteiger partial charge in [-0.25, -0.2) is 4.99 Å². The quantitative estimate of drug-likeness (QED) is 0.253. The monoisotopic (exact) mass is 439 g/mol. The molecule has 0 bridgehead atoms. The molecule has 0 spiro atoms. The number of aliphatic imine (C=N–C) groups is 1. The van der Waals surface area contributed by atoms with Crippen LogP contribution in [0.4, 0.5) is 5.69 Å². The SMILES string of the molecule is Cc1nnc(CN=C(NCCCN(C)c2ccccc2)NCC(C)(O)c2ccco2)n1C. The lowest BCUT2D eigenvalue weighted by molar-refractivity contribution is 0.0386. The van der Waals surface area contributed by atoms with E-state index in [-0.39, 0.29) is 6.54 Å². The summed E-state index contributed by atoms with van der Waals surface area (Å²) in [6, 6.07) is 13.8. The van der Waals surface area contributed by atoms with Gasteiger partial charge in [-0.2, -0.15) is 0 Å². The number of aryl methyl sites for hydroxylation is 1. The van der Waals surface area contributed by atoms with E-state index in [1.807, 2.05) is 36.7 Å². The molecule has 1 unspecified atom stereocenters. The Kier molecular flexibility index (Phi) is 7.88. The molecule has 1 aromatic carbocycles. The van der Waals surface area contributed by atoms with E-state index in [2.05, 4.69) is 49.9 Å². The van der Waals surface area contributed by atoms with Crippen LogP contribution in [0.3, 0.4) is 0 Å². The highest BCUT2D eigenvalue weighted by atomic mass is 16.4. The van der Waals surface area contributed by atoms with E-state index >= 15 is 0 Å². The van der Waals surface area contributed by atoms with Crippen molar-refractivity contribution in [2.75, 3.05) is 31.6 Å². The number of aliphatic hydroxyl groups is 1. The Balaban J connectivity index is 1.58. The lowest BCUT2D eigenvalue weighted by Gasteiger charge is -2.23. The molecule has 32 heavy (non-hydrogen) atoms. The van der Waals surface area contributed by atoms with Crippen molar-refractivity contribution in [2.24, 2.45) is 12.0 Å². The van der Waals surface area contributed by atoms with E-state index < -0.39 is 5.60 Å². The number of para-hydroxylation sites is 1. The third-order valence-electron chi connectivity index (χ3n) is 5.37. The summed E-state index contributed by atoms with van der Waals surface area (Å²) in [5.74, 6) is 2.70. The van der Waals surface area contributed by atoms with Crippen molar-refractivity contribution < 1.29 is 9.52 Å². The van der Waals surface area contributed by atoms with Crippen LogP contribution < -0.4 is 15.5 Å². The highest BCUT2D eigenvalue weighted by Gasteiger charge is 2.26. The first kappa shape index (κ1) is 23.3. The lowest BCUT2D eigenvalue weighted by Crippen LogP contribution is -2.45. The standard InChI is InChI=1S/C23H33N7O2/c1-18-27-28-21(30(18)4)16-25-22(26-17-23(2,31)20-12-8-15-32-20)24-13-9-14-29(3)19-10-6-5-7-11-19/h5-8,10-12,15,31H,9,13-14,16-17H2,1-4H3,(H2,24,25,26). The molecular formula is C23H33N7O2. The number of nitrogens with one attached hydrogen (secondary N) is 2. The summed E-state index contributed by atoms with van der Waals surface area (Å²) >= 11 is 0. The Morgan fingerprint density at radius 3 is 2.62 bits per heavy atom. The molecule has 0 amide bonds. The van der Waals surface area contributed by atoms with E-state index in [0.29, 0.717) is 18.3 Å². The van der Waals surface area contributed by atoms with Gasteiger partial charge in [-0.3, -0.25) is 0 Å². The van der Waals surface area contributed by atoms with Crippen LogP contribution in [0.1, 0.15) is 30.8 Å². The Hall–Kier alpha value is -3.33. The molecule has 3 N–H and O–H groups in total. The van der Waals surface area contributed by atoms with E-state index in [9.17, 15) is 5.11 Å². The minimum atomic E-state index is -1.17. The van der Waals surface area contributed by atoms with Crippen LogP contribution in [-0.2, 0) is 19.2 Å². The maximum absolute atomic E-state index is 10.8. The van der Waals surface area contributed by atoms with Gasteiger partial charge < -0.3 is 29.6 Å². The Morgan fingerprint density at radius 1 is 1.19 bits per heavy atom. The van der Waals surface area contributed by atoms with Gasteiger partial charge in [0.15, 0.2) is 11.8 Å². The van der Waals surface area contributed by atoms with Gasteiger partial charge in [-0.1, -0.05) is 18.2 Å². The molecule has 1 atom stereocenters. The topological polar surface area (TPSA) is 104 Å². The van der Waals surface area contributed by atoms with E-state index in [0.717, 1.165) is 31.2 Å². The van der Waals surface area contributed by atoms with Crippen LogP contribution in [0.2, 0.25) is 0 Å². The summed E-state index contributed by atoms with van der Waals surface area (Å²) < 4.78 is 7.28. The van der Waals surface area contributed by atoms with Gasteiger partial charge >= 0.3 is 0 Å². The molecule has 2 heterocycles. The minimum absolute atomic E-state index is 0.244. The van der Waals surface area contributed by atoms with Gasteiger partial charge in [-0.05, 0) is 44.5 Å². The average Bonchev–Trinajstić information content (AvgIpc) is 3.45. The fourth-order valence-electron chi connectivity index (χ4n) is 3.18. The summed E-state index contributed by atoms with van der Waals surface area (Å²) in [5, 5.41) is 25.6. The van der Waals surface area contributed by atoms with E-state index in [1.54, 1.807) is 25.3 Å². The van der Waals surface area contributed by atoms with Crippen molar-refractivity contribution >= 4 is 11.6 Å². The summed E-state index contributed by atoms with van der Waals surface area (Å²) in [4.78, 5) is 6.86. The first-order chi connectivity index (χ1) is 15.4. The average molecular weight is 440 g/mol. The number of anilines is 1. The third kappa shape index (κ3) is 6.34. The van der Waals surface area contributed by atoms with Crippen molar-refractivity contribution in [1.29, 1.82) is 0 Å². The van der Waals surface area contributed by atoms with E-state index in [1.165, 1.54) is 5.69 Å². The predicted molar refractivity (Wildman–Crippen MR) is 125 cm³/mol. The minimum Gasteiger partial charge on any atom is -0.466 e. The molecule has 9 heteroatoms. The summed E-state index contributed by atoms with van der Waals surface area (Å²) in [5.41, 5.74) is 0.0209. The van der Waals surface area contributed by atoms with Gasteiger partial charge in [0.2, 0.25) is 0 Å². The zero-order chi connectivity index (χ0) is 23.0. The van der Waals surface area contributed by atoms with Gasteiger partial charge in [-0.15, -0.1) is 10.2 Å². The summed E-state index contributed by atoms with van der Waals surface area (Å²) in [6.07, 6.45) is 2.47. The smallest absolute Gasteiger partial charge is 0.191 e. The number of furan rings is 1. The number of guanidine groups is 1. The summed E-state index contributed by atoms with van der Waals surface area (Å²) in [7, 11) is 4.00. The molecule has 0 fully saturated rings. The molecular weight excluding hydrogens is 406 g/mol. The lowest BCUT2D eigenvalue weighted by atomic mass is 10.0. The molecule has 3 aromatic rings. The molecule has 9 nitrogen and oxygen atoms in total. The number of aromatic nitrogens is 3. The molecule has 0 aliphatic rings. The van der Waals surface area contributed by atoms with Crippen molar-refractivity contribution in [2.45, 2.75) is 32.4 Å². The zero-order valence-corrected chi connectivity index (χ0v) is 19.2. The molecule has 0 saturated carbocycles. The Labute approximate surface area is 189 Å². The van der Waals surface area contributed by atoms with Crippen LogP contribution in [0, 0.1) is 6.92 Å². The number of rotatable bonds is 10. The van der Waals surface area contributed by atoms with Gasteiger partial charge in [0.05, 0.1) is 12.8 Å². The number of hydrogen-bond acceptors (Lipinski definition) is 6. The van der Waals surface area contributed by atoms with Gasteiger partial charge in [0.25, 0.3) is 0 Å². The molecule has 0 aliphatic carbocycles. The molecule has 2 aromatic heterocycles. The maximum atomic E-state index is 10.8. The first-order valence-corrected chi connectivity index (χ1v) is 10.8. The highest BCUT2D eigenvalue weighted by molar-refractivity contribution is 5.79. The maximum Gasteiger partial charge on any atom is 0.191 e. The molecule has 0 saturated heterocycles. The highest BCUT2D eigenvalue weighted by Crippen LogP contribution is 2.19. The summed E-state index contributed by atoms with van der Waals surface area (Å²) in [6.45, 7) is 5.85. The fraction of sp³-hybridized carbons (Fsp3) is 0.435. The number of hydrogen-bond donors (Lipinski definition) is 3. The number of benzene rings is 1. The van der Waals surface area contributed by atoms with Crippen LogP contribution in [0.5, 0.6) is 0 Å². The van der Waals surface area contributed by atoms with E-state index in [4.69, 9.17) is 4.42 Å². The zero-order valence-electron chi connectivity index (χ0n) is 19.2. The normalized spacial score (nSPS) is 13.6. The van der Waals surface area contributed by atoms with Crippen molar-refractivity contribution in [3.63, 3.8) is 0 Å². The number of nitrogens with zero attached hydrogens (tertiary/aromatic N) is 5. The molecule has 0 radical (unpaired) electrons. The molecule has 172 valence electrons. The predicted octanol–water partition coefficient (Wildman–Crippen LogP) is 2.19. The van der Waals surface area contributed by atoms with Crippen molar-refractivity contribution in [1.82, 2.24) is 25.4 Å². The van der Waals surface area contributed by atoms with Gasteiger partial charge in [0.1, 0.15) is 23.7 Å². The van der Waals surface area contributed by atoms with Crippen LogP contribution >= 0.6 is 0 Å². The molecule has 0 aliphatic heterocycles. The second-order valence-electron chi connectivity index (χ2n) is 8.03. The largest absolute Gasteiger partial charge is 0.466 e. The Bertz CT molecular complexity index is 981.